The predicted octanol–water partition coefficient (Wildman–Crippen LogP) is 3.96. The van der Waals surface area contributed by atoms with E-state index in [2.05, 4.69) is 10.4 Å². The number of thiophene rings is 1. The molecule has 0 saturated heterocycles. The zero-order valence-corrected chi connectivity index (χ0v) is 12.3. The van der Waals surface area contributed by atoms with E-state index in [1.54, 1.807) is 17.5 Å². The molecule has 118 valence electrons. The standard InChI is InChI=1S/C12H9ClF3N3O2S/c13-8-9(11(20)21)18-19-7(12(14,15)16)4-5(17-10(8)19)6-2-1-3-22-6/h1-3,5,7,17H,4H2,(H,20,21)/t5-,7-/m1/s1. The summed E-state index contributed by atoms with van der Waals surface area (Å²) in [5, 5.41) is 16.8. The van der Waals surface area contributed by atoms with E-state index in [1.807, 2.05) is 0 Å². The third-order valence-electron chi connectivity index (χ3n) is 3.38. The van der Waals surface area contributed by atoms with Gasteiger partial charge in [0, 0.05) is 11.3 Å². The highest BCUT2D eigenvalue weighted by atomic mass is 35.5. The molecule has 1 aliphatic heterocycles. The molecular weight excluding hydrogens is 343 g/mol. The molecule has 0 unspecified atom stereocenters. The van der Waals surface area contributed by atoms with Gasteiger partial charge < -0.3 is 10.4 Å². The fraction of sp³-hybridized carbons (Fsp3) is 0.333. The summed E-state index contributed by atoms with van der Waals surface area (Å²) in [5.74, 6) is -1.59. The molecule has 0 saturated carbocycles. The van der Waals surface area contributed by atoms with Crippen LogP contribution in [0, 0.1) is 0 Å². The van der Waals surface area contributed by atoms with Crippen molar-refractivity contribution in [3.8, 4) is 0 Å². The van der Waals surface area contributed by atoms with Crippen LogP contribution in [-0.2, 0) is 0 Å². The normalized spacial score (nSPS) is 21.3. The molecule has 2 N–H and O–H groups in total. The first-order chi connectivity index (χ1) is 10.3. The maximum Gasteiger partial charge on any atom is 0.410 e. The fourth-order valence-electron chi connectivity index (χ4n) is 2.40. The first kappa shape index (κ1) is 15.2. The number of nitrogens with one attached hydrogen (secondary N) is 1. The van der Waals surface area contributed by atoms with E-state index in [1.165, 1.54) is 11.3 Å². The van der Waals surface area contributed by atoms with Gasteiger partial charge in [-0.25, -0.2) is 9.48 Å². The highest BCUT2D eigenvalue weighted by Gasteiger charge is 2.48. The van der Waals surface area contributed by atoms with Crippen LogP contribution in [-0.4, -0.2) is 27.0 Å². The van der Waals surface area contributed by atoms with Crippen LogP contribution in [0.4, 0.5) is 19.0 Å². The first-order valence-corrected chi connectivity index (χ1v) is 7.42. The molecule has 3 rings (SSSR count). The Labute approximate surface area is 131 Å². The summed E-state index contributed by atoms with van der Waals surface area (Å²) < 4.78 is 40.5. The molecule has 10 heteroatoms. The smallest absolute Gasteiger partial charge is 0.410 e. The second kappa shape index (κ2) is 5.17. The molecule has 0 fully saturated rings. The summed E-state index contributed by atoms with van der Waals surface area (Å²) in [4.78, 5) is 11.8. The van der Waals surface area contributed by atoms with Crippen molar-refractivity contribution < 1.29 is 23.1 Å². The minimum atomic E-state index is -4.56. The number of hydrogen-bond acceptors (Lipinski definition) is 4. The Hall–Kier alpha value is -1.74. The SMILES string of the molecule is O=C(O)c1nn2c(c1Cl)N[C@@H](c1cccs1)C[C@@H]2C(F)(F)F. The summed E-state index contributed by atoms with van der Waals surface area (Å²) in [5.41, 5.74) is -0.592. The number of aromatic nitrogens is 2. The van der Waals surface area contributed by atoms with Gasteiger partial charge in [-0.3, -0.25) is 0 Å². The van der Waals surface area contributed by atoms with Gasteiger partial charge in [0.25, 0.3) is 0 Å². The lowest BCUT2D eigenvalue weighted by Gasteiger charge is -2.32. The lowest BCUT2D eigenvalue weighted by molar-refractivity contribution is -0.173. The van der Waals surface area contributed by atoms with Crippen LogP contribution < -0.4 is 5.32 Å². The molecule has 0 amide bonds. The van der Waals surface area contributed by atoms with Crippen molar-refractivity contribution in [1.82, 2.24) is 9.78 Å². The van der Waals surface area contributed by atoms with E-state index in [-0.39, 0.29) is 17.3 Å². The van der Waals surface area contributed by atoms with Gasteiger partial charge in [0.15, 0.2) is 11.7 Å². The Bertz CT molecular complexity index is 714. The van der Waals surface area contributed by atoms with Gasteiger partial charge in [-0.2, -0.15) is 18.3 Å². The van der Waals surface area contributed by atoms with E-state index in [0.717, 1.165) is 4.88 Å². The van der Waals surface area contributed by atoms with E-state index < -0.39 is 29.9 Å². The van der Waals surface area contributed by atoms with Crippen molar-refractivity contribution in [2.75, 3.05) is 5.32 Å². The van der Waals surface area contributed by atoms with Crippen molar-refractivity contribution in [3.63, 3.8) is 0 Å². The van der Waals surface area contributed by atoms with Gasteiger partial charge in [-0.1, -0.05) is 17.7 Å². The summed E-state index contributed by atoms with van der Waals surface area (Å²) in [6, 6.07) is 0.922. The van der Waals surface area contributed by atoms with Crippen molar-refractivity contribution in [3.05, 3.63) is 33.1 Å². The summed E-state index contributed by atoms with van der Waals surface area (Å²) in [6.07, 6.45) is -4.84. The van der Waals surface area contributed by atoms with E-state index in [4.69, 9.17) is 16.7 Å². The Morgan fingerprint density at radius 3 is 2.82 bits per heavy atom. The van der Waals surface area contributed by atoms with Crippen LogP contribution in [0.25, 0.3) is 0 Å². The van der Waals surface area contributed by atoms with Crippen molar-refractivity contribution in [2.45, 2.75) is 24.7 Å². The second-order valence-electron chi connectivity index (χ2n) is 4.77. The third kappa shape index (κ3) is 2.44. The zero-order chi connectivity index (χ0) is 16.1. The molecule has 0 aromatic carbocycles. The Morgan fingerprint density at radius 1 is 1.55 bits per heavy atom. The van der Waals surface area contributed by atoms with Gasteiger partial charge in [0.2, 0.25) is 0 Å². The third-order valence-corrected chi connectivity index (χ3v) is 4.73. The number of aromatic carboxylic acids is 1. The van der Waals surface area contributed by atoms with E-state index in [0.29, 0.717) is 4.68 Å². The topological polar surface area (TPSA) is 67.1 Å². The quantitative estimate of drug-likeness (QED) is 0.859. The molecular formula is C12H9ClF3N3O2S. The molecule has 0 spiro atoms. The second-order valence-corrected chi connectivity index (χ2v) is 6.12. The number of carboxylic acid groups (broad SMARTS) is 1. The molecule has 0 aliphatic carbocycles. The molecule has 1 aliphatic rings. The Morgan fingerprint density at radius 2 is 2.27 bits per heavy atom. The average Bonchev–Trinajstić information content (AvgIpc) is 3.05. The maximum atomic E-state index is 13.3. The molecule has 2 atom stereocenters. The van der Waals surface area contributed by atoms with Gasteiger partial charge in [0.1, 0.15) is 10.8 Å². The highest BCUT2D eigenvalue weighted by molar-refractivity contribution is 7.10. The number of nitrogens with zero attached hydrogens (tertiary/aromatic N) is 2. The number of carbonyl (C=O) groups is 1. The Balaban J connectivity index is 2.10. The van der Waals surface area contributed by atoms with Crippen molar-refractivity contribution in [2.24, 2.45) is 0 Å². The maximum absolute atomic E-state index is 13.3. The van der Waals surface area contributed by atoms with Crippen LogP contribution in [0.1, 0.15) is 33.9 Å². The lowest BCUT2D eigenvalue weighted by atomic mass is 10.0. The average molecular weight is 352 g/mol. The molecule has 22 heavy (non-hydrogen) atoms. The monoisotopic (exact) mass is 351 g/mol. The highest BCUT2D eigenvalue weighted by Crippen LogP contribution is 2.46. The number of fused-ring (bicyclic) bond motifs is 1. The minimum Gasteiger partial charge on any atom is -0.476 e. The van der Waals surface area contributed by atoms with Crippen LogP contribution in [0.15, 0.2) is 17.5 Å². The van der Waals surface area contributed by atoms with Crippen molar-refractivity contribution >= 4 is 34.7 Å². The largest absolute Gasteiger partial charge is 0.476 e. The van der Waals surface area contributed by atoms with Crippen LogP contribution in [0.2, 0.25) is 5.02 Å². The number of hydrogen-bond donors (Lipinski definition) is 2. The van der Waals surface area contributed by atoms with Gasteiger partial charge in [0.05, 0.1) is 6.04 Å². The number of halogens is 4. The minimum absolute atomic E-state index is 0.119. The Kier molecular flexibility index (Phi) is 3.56. The number of carboxylic acids is 1. The molecule has 5 nitrogen and oxygen atoms in total. The predicted molar refractivity (Wildman–Crippen MR) is 74.6 cm³/mol. The lowest BCUT2D eigenvalue weighted by Crippen LogP contribution is -2.35. The molecule has 0 bridgehead atoms. The molecule has 2 aromatic heterocycles. The van der Waals surface area contributed by atoms with Crippen LogP contribution in [0.3, 0.4) is 0 Å². The van der Waals surface area contributed by atoms with Gasteiger partial charge in [-0.15, -0.1) is 11.3 Å². The molecule has 0 radical (unpaired) electrons. The first-order valence-electron chi connectivity index (χ1n) is 6.17. The summed E-state index contributed by atoms with van der Waals surface area (Å²) >= 11 is 7.21. The fourth-order valence-corrected chi connectivity index (χ4v) is 3.45. The molecule has 2 aromatic rings. The number of rotatable bonds is 2. The molecule has 3 heterocycles. The van der Waals surface area contributed by atoms with Crippen LogP contribution in [0.5, 0.6) is 0 Å². The summed E-state index contributed by atoms with van der Waals surface area (Å²) in [7, 11) is 0. The van der Waals surface area contributed by atoms with E-state index >= 15 is 0 Å². The summed E-state index contributed by atoms with van der Waals surface area (Å²) in [6.45, 7) is 0. The van der Waals surface area contributed by atoms with Gasteiger partial charge >= 0.3 is 12.1 Å². The number of anilines is 1. The van der Waals surface area contributed by atoms with Crippen LogP contribution >= 0.6 is 22.9 Å². The zero-order valence-electron chi connectivity index (χ0n) is 10.8. The van der Waals surface area contributed by atoms with E-state index in [9.17, 15) is 18.0 Å². The van der Waals surface area contributed by atoms with Crippen molar-refractivity contribution in [1.29, 1.82) is 0 Å². The van der Waals surface area contributed by atoms with Gasteiger partial charge in [-0.05, 0) is 11.4 Å². The number of alkyl halides is 3.